The monoisotopic (exact) mass is 379 g/mol. The summed E-state index contributed by atoms with van der Waals surface area (Å²) < 4.78 is 5.60. The van der Waals surface area contributed by atoms with Crippen molar-refractivity contribution in [2.45, 2.75) is 13.3 Å². The molecule has 0 aromatic heterocycles. The zero-order valence-corrected chi connectivity index (χ0v) is 16.0. The van der Waals surface area contributed by atoms with Gasteiger partial charge in [-0.3, -0.25) is 0 Å². The molecule has 0 amide bonds. The fraction of sp³-hybridized carbons (Fsp3) is 0.174. The Labute approximate surface area is 165 Å². The number of halogens is 1. The first-order valence-electron chi connectivity index (χ1n) is 8.99. The molecule has 0 bridgehead atoms. The Bertz CT molecular complexity index is 859. The average molecular weight is 380 g/mol. The lowest BCUT2D eigenvalue weighted by Crippen LogP contribution is -2.06. The second-order valence-electron chi connectivity index (χ2n) is 5.97. The third-order valence-corrected chi connectivity index (χ3v) is 4.34. The molecule has 0 heterocycles. The summed E-state index contributed by atoms with van der Waals surface area (Å²) >= 11 is 5.95. The van der Waals surface area contributed by atoms with Gasteiger partial charge in [0.2, 0.25) is 0 Å². The number of nitrogens with zero attached hydrogens (tertiary/aromatic N) is 1. The first kappa shape index (κ1) is 19.0. The molecule has 0 unspecified atom stereocenters. The molecule has 0 spiro atoms. The molecule has 0 saturated carbocycles. The van der Waals surface area contributed by atoms with E-state index in [-0.39, 0.29) is 0 Å². The quantitative estimate of drug-likeness (QED) is 0.264. The lowest BCUT2D eigenvalue weighted by molar-refractivity contribution is 0.107. The minimum absolute atomic E-state index is 0.404. The lowest BCUT2D eigenvalue weighted by atomic mass is 10.0. The van der Waals surface area contributed by atoms with Gasteiger partial charge in [0.25, 0.3) is 0 Å². The van der Waals surface area contributed by atoms with Gasteiger partial charge in [-0.2, -0.15) is 0 Å². The van der Waals surface area contributed by atoms with Crippen molar-refractivity contribution >= 4 is 17.3 Å². The molecule has 0 fully saturated rings. The van der Waals surface area contributed by atoms with Gasteiger partial charge in [0.1, 0.15) is 12.4 Å². The largest absolute Gasteiger partial charge is 0.490 e. The summed E-state index contributed by atoms with van der Waals surface area (Å²) in [6.07, 6.45) is 0.792. The van der Waals surface area contributed by atoms with Gasteiger partial charge in [0.05, 0.1) is 5.71 Å². The smallest absolute Gasteiger partial charge is 0.151 e. The van der Waals surface area contributed by atoms with E-state index in [0.29, 0.717) is 13.2 Å². The Balaban J connectivity index is 1.56. The minimum Gasteiger partial charge on any atom is -0.490 e. The predicted octanol–water partition coefficient (Wildman–Crippen LogP) is 6.22. The number of hydrogen-bond acceptors (Lipinski definition) is 3. The second kappa shape index (κ2) is 9.79. The molecule has 27 heavy (non-hydrogen) atoms. The Morgan fingerprint density at radius 1 is 0.815 bits per heavy atom. The van der Waals surface area contributed by atoms with Gasteiger partial charge < -0.3 is 9.57 Å². The second-order valence-corrected chi connectivity index (χ2v) is 6.41. The van der Waals surface area contributed by atoms with Gasteiger partial charge in [0.15, 0.2) is 6.61 Å². The SMILES string of the molecule is CCC(=NOCCOc1ccccc1)c1ccc(-c2ccc(Cl)cc2)cc1. The normalized spacial score (nSPS) is 11.3. The van der Waals surface area contributed by atoms with Crippen LogP contribution < -0.4 is 4.74 Å². The maximum absolute atomic E-state index is 5.95. The third kappa shape index (κ3) is 5.60. The summed E-state index contributed by atoms with van der Waals surface area (Å²) in [6.45, 7) is 2.93. The van der Waals surface area contributed by atoms with Crippen molar-refractivity contribution in [3.8, 4) is 16.9 Å². The number of rotatable bonds is 8. The van der Waals surface area contributed by atoms with Gasteiger partial charge in [-0.05, 0) is 47.4 Å². The highest BCUT2D eigenvalue weighted by Crippen LogP contribution is 2.22. The summed E-state index contributed by atoms with van der Waals surface area (Å²) in [5.74, 6) is 0.832. The first-order chi connectivity index (χ1) is 13.3. The molecule has 3 nitrogen and oxygen atoms in total. The highest BCUT2D eigenvalue weighted by atomic mass is 35.5. The lowest BCUT2D eigenvalue weighted by Gasteiger charge is -2.08. The van der Waals surface area contributed by atoms with Crippen LogP contribution in [0, 0.1) is 0 Å². The van der Waals surface area contributed by atoms with Gasteiger partial charge in [-0.15, -0.1) is 0 Å². The van der Waals surface area contributed by atoms with E-state index in [1.807, 2.05) is 54.6 Å². The summed E-state index contributed by atoms with van der Waals surface area (Å²) in [5.41, 5.74) is 4.25. The van der Waals surface area contributed by atoms with Crippen LogP contribution >= 0.6 is 11.6 Å². The van der Waals surface area contributed by atoms with Gasteiger partial charge in [-0.1, -0.05) is 78.3 Å². The van der Waals surface area contributed by atoms with E-state index in [4.69, 9.17) is 21.2 Å². The van der Waals surface area contributed by atoms with Gasteiger partial charge in [-0.25, -0.2) is 0 Å². The maximum atomic E-state index is 5.95. The van der Waals surface area contributed by atoms with Gasteiger partial charge >= 0.3 is 0 Å². The van der Waals surface area contributed by atoms with Crippen LogP contribution in [-0.4, -0.2) is 18.9 Å². The van der Waals surface area contributed by atoms with Crippen molar-refractivity contribution in [2.24, 2.45) is 5.16 Å². The van der Waals surface area contributed by atoms with Crippen LogP contribution in [0.15, 0.2) is 84.0 Å². The maximum Gasteiger partial charge on any atom is 0.151 e. The molecule has 0 saturated heterocycles. The van der Waals surface area contributed by atoms with Gasteiger partial charge in [0, 0.05) is 5.02 Å². The minimum atomic E-state index is 0.404. The number of benzene rings is 3. The summed E-state index contributed by atoms with van der Waals surface area (Å²) in [6, 6.07) is 25.8. The van der Waals surface area contributed by atoms with E-state index in [0.717, 1.165) is 39.6 Å². The van der Waals surface area contributed by atoms with Crippen LogP contribution in [0.4, 0.5) is 0 Å². The average Bonchev–Trinajstić information content (AvgIpc) is 2.72. The Morgan fingerprint density at radius 3 is 2.07 bits per heavy atom. The standard InChI is InChI=1S/C23H22ClNO2/c1-2-23(25-27-17-16-26-22-6-4-3-5-7-22)20-10-8-18(9-11-20)19-12-14-21(24)15-13-19/h3-15H,2,16-17H2,1H3. The van der Waals surface area contributed by atoms with E-state index in [2.05, 4.69) is 36.3 Å². The summed E-state index contributed by atoms with van der Waals surface area (Å²) in [7, 11) is 0. The molecule has 138 valence electrons. The van der Waals surface area contributed by atoms with Crippen LogP contribution in [0.25, 0.3) is 11.1 Å². The fourth-order valence-corrected chi connectivity index (χ4v) is 2.78. The zero-order chi connectivity index (χ0) is 18.9. The molecule has 3 rings (SSSR count). The van der Waals surface area contributed by atoms with E-state index in [1.165, 1.54) is 0 Å². The summed E-state index contributed by atoms with van der Waals surface area (Å²) in [4.78, 5) is 5.44. The molecule has 3 aromatic carbocycles. The molecule has 0 aliphatic rings. The Morgan fingerprint density at radius 2 is 1.44 bits per heavy atom. The van der Waals surface area contributed by atoms with Crippen molar-refractivity contribution < 1.29 is 9.57 Å². The van der Waals surface area contributed by atoms with Crippen molar-refractivity contribution in [3.05, 3.63) is 89.4 Å². The van der Waals surface area contributed by atoms with Crippen LogP contribution in [-0.2, 0) is 4.84 Å². The molecule has 3 aromatic rings. The molecular formula is C23H22ClNO2. The third-order valence-electron chi connectivity index (χ3n) is 4.09. The molecule has 4 heteroatoms. The van der Waals surface area contributed by atoms with E-state index in [1.54, 1.807) is 0 Å². The van der Waals surface area contributed by atoms with Crippen molar-refractivity contribution in [3.63, 3.8) is 0 Å². The molecule has 0 radical (unpaired) electrons. The van der Waals surface area contributed by atoms with Crippen LogP contribution in [0.2, 0.25) is 5.02 Å². The number of para-hydroxylation sites is 1. The van der Waals surface area contributed by atoms with E-state index >= 15 is 0 Å². The van der Waals surface area contributed by atoms with E-state index in [9.17, 15) is 0 Å². The molecular weight excluding hydrogens is 358 g/mol. The zero-order valence-electron chi connectivity index (χ0n) is 15.3. The molecule has 0 aliphatic heterocycles. The Kier molecular flexibility index (Phi) is 6.89. The summed E-state index contributed by atoms with van der Waals surface area (Å²) in [5, 5.41) is 5.02. The topological polar surface area (TPSA) is 30.8 Å². The fourth-order valence-electron chi connectivity index (χ4n) is 2.66. The Hall–Kier alpha value is -2.78. The van der Waals surface area contributed by atoms with Crippen molar-refractivity contribution in [1.29, 1.82) is 0 Å². The van der Waals surface area contributed by atoms with Crippen LogP contribution in [0.1, 0.15) is 18.9 Å². The van der Waals surface area contributed by atoms with Crippen molar-refractivity contribution in [1.82, 2.24) is 0 Å². The van der Waals surface area contributed by atoms with E-state index < -0.39 is 0 Å². The molecule has 0 atom stereocenters. The van der Waals surface area contributed by atoms with Crippen molar-refractivity contribution in [2.75, 3.05) is 13.2 Å². The first-order valence-corrected chi connectivity index (χ1v) is 9.37. The van der Waals surface area contributed by atoms with Crippen LogP contribution in [0.3, 0.4) is 0 Å². The number of oxime groups is 1. The van der Waals surface area contributed by atoms with Crippen LogP contribution in [0.5, 0.6) is 5.75 Å². The molecule has 0 N–H and O–H groups in total. The molecule has 0 aliphatic carbocycles. The number of hydrogen-bond donors (Lipinski definition) is 0. The highest BCUT2D eigenvalue weighted by molar-refractivity contribution is 6.30. The highest BCUT2D eigenvalue weighted by Gasteiger charge is 2.04. The predicted molar refractivity (Wildman–Crippen MR) is 112 cm³/mol. The number of ether oxygens (including phenoxy) is 1.